The van der Waals surface area contributed by atoms with Gasteiger partial charge in [0.05, 0.1) is 0 Å². The maximum absolute atomic E-state index is 10.4. The summed E-state index contributed by atoms with van der Waals surface area (Å²) in [5.41, 5.74) is 0.655. The van der Waals surface area contributed by atoms with E-state index in [2.05, 4.69) is 6.58 Å². The summed E-state index contributed by atoms with van der Waals surface area (Å²) in [5, 5.41) is 0. The van der Waals surface area contributed by atoms with Gasteiger partial charge in [0.25, 0.3) is 0 Å². The minimum absolute atomic E-state index is 0. The van der Waals surface area contributed by atoms with Crippen LogP contribution in [0.5, 0.6) is 0 Å². The molecule has 0 aromatic heterocycles. The molecule has 0 rings (SSSR count). The Bertz CT molecular complexity index is 96.7. The molecule has 0 fully saturated rings. The average Bonchev–Trinajstić information content (AvgIpc) is 1.65. The van der Waals surface area contributed by atoms with Crippen LogP contribution in [-0.2, 0) is 25.9 Å². The minimum atomic E-state index is 0. The van der Waals surface area contributed by atoms with Crippen molar-refractivity contribution in [3.8, 4) is 0 Å². The van der Waals surface area contributed by atoms with Crippen LogP contribution in [0.2, 0.25) is 0 Å². The van der Waals surface area contributed by atoms with E-state index in [1.807, 2.05) is 6.92 Å². The van der Waals surface area contributed by atoms with Gasteiger partial charge in [-0.2, -0.15) is 0 Å². The summed E-state index contributed by atoms with van der Waals surface area (Å²) in [6.07, 6.45) is 0.579. The molecule has 0 aliphatic carbocycles. The van der Waals surface area contributed by atoms with Crippen LogP contribution in [0.4, 0.5) is 0 Å². The molecule has 0 aromatic rings. The Labute approximate surface area is 64.4 Å². The summed E-state index contributed by atoms with van der Waals surface area (Å²) in [6, 6.07) is 0. The van der Waals surface area contributed by atoms with Crippen LogP contribution in [0.25, 0.3) is 0 Å². The summed E-state index contributed by atoms with van der Waals surface area (Å²) in [6.45, 7) is 7.03. The van der Waals surface area contributed by atoms with Crippen LogP contribution >= 0.6 is 0 Å². The predicted octanol–water partition coefficient (Wildman–Crippen LogP) is 1.54. The van der Waals surface area contributed by atoms with Crippen molar-refractivity contribution in [2.45, 2.75) is 20.3 Å². The molecule has 0 unspecified atom stereocenters. The van der Waals surface area contributed by atoms with Crippen LogP contribution in [0, 0.1) is 0 Å². The molecule has 0 heterocycles. The fourth-order valence-electron chi connectivity index (χ4n) is 0.302. The predicted molar refractivity (Wildman–Crippen MR) is 30.1 cm³/mol. The summed E-state index contributed by atoms with van der Waals surface area (Å²) in [4.78, 5) is 10.4. The first-order chi connectivity index (χ1) is 3.18. The Hall–Kier alpha value is 0.0983. The fourth-order valence-corrected chi connectivity index (χ4v) is 0.302. The topological polar surface area (TPSA) is 17.1 Å². The summed E-state index contributed by atoms with van der Waals surface area (Å²) in [7, 11) is 0. The van der Waals surface area contributed by atoms with Gasteiger partial charge in [0.1, 0.15) is 0 Å². The van der Waals surface area contributed by atoms with Gasteiger partial charge in [0, 0.05) is 27.5 Å². The Morgan fingerprint density at radius 3 is 2.00 bits per heavy atom. The van der Waals surface area contributed by atoms with Crippen molar-refractivity contribution in [2.24, 2.45) is 0 Å². The second-order valence-electron chi connectivity index (χ2n) is 1.56. The van der Waals surface area contributed by atoms with Crippen LogP contribution < -0.4 is 0 Å². The molecule has 0 atom stereocenters. The van der Waals surface area contributed by atoms with Gasteiger partial charge in [-0.15, -0.1) is 0 Å². The number of rotatable bonds is 2. The molecular formula is C6H10OPt. The molecule has 0 aliphatic rings. The van der Waals surface area contributed by atoms with Crippen LogP contribution in [0.1, 0.15) is 20.3 Å². The van der Waals surface area contributed by atoms with Crippen molar-refractivity contribution in [1.29, 1.82) is 0 Å². The van der Waals surface area contributed by atoms with E-state index in [0.717, 1.165) is 0 Å². The van der Waals surface area contributed by atoms with Gasteiger partial charge in [-0.05, 0) is 12.5 Å². The quantitative estimate of drug-likeness (QED) is 0.706. The van der Waals surface area contributed by atoms with Crippen molar-refractivity contribution in [3.05, 3.63) is 12.2 Å². The number of hydrogen-bond donors (Lipinski definition) is 0. The van der Waals surface area contributed by atoms with Gasteiger partial charge in [-0.3, -0.25) is 4.79 Å². The van der Waals surface area contributed by atoms with Crippen LogP contribution in [-0.4, -0.2) is 5.78 Å². The van der Waals surface area contributed by atoms with E-state index in [0.29, 0.717) is 12.0 Å². The van der Waals surface area contributed by atoms with Gasteiger partial charge < -0.3 is 0 Å². The van der Waals surface area contributed by atoms with Gasteiger partial charge in [0.2, 0.25) is 0 Å². The van der Waals surface area contributed by atoms with E-state index in [1.54, 1.807) is 6.92 Å². The maximum atomic E-state index is 10.4. The van der Waals surface area contributed by atoms with Crippen molar-refractivity contribution in [1.82, 2.24) is 0 Å². The van der Waals surface area contributed by atoms with E-state index >= 15 is 0 Å². The van der Waals surface area contributed by atoms with E-state index in [4.69, 9.17) is 0 Å². The van der Waals surface area contributed by atoms with Gasteiger partial charge in [-0.1, -0.05) is 13.5 Å². The molecule has 0 saturated carbocycles. The largest absolute Gasteiger partial charge is 0.295 e. The number of allylic oxidation sites excluding steroid dienone is 1. The zero-order valence-corrected chi connectivity index (χ0v) is 7.41. The normalized spacial score (nSPS) is 7.25. The molecule has 0 bridgehead atoms. The molecule has 50 valence electrons. The molecule has 0 aliphatic heterocycles. The Balaban J connectivity index is 0. The fraction of sp³-hybridized carbons (Fsp3) is 0.500. The SMILES string of the molecule is C=C(C)C(=O)CC.[Pt]. The zero-order valence-electron chi connectivity index (χ0n) is 5.14. The van der Waals surface area contributed by atoms with Gasteiger partial charge >= 0.3 is 0 Å². The second kappa shape index (κ2) is 5.24. The first-order valence-corrected chi connectivity index (χ1v) is 2.37. The number of ketones is 1. The molecule has 0 radical (unpaired) electrons. The summed E-state index contributed by atoms with van der Waals surface area (Å²) < 4.78 is 0. The molecule has 0 N–H and O–H groups in total. The number of hydrogen-bond acceptors (Lipinski definition) is 1. The van der Waals surface area contributed by atoms with E-state index < -0.39 is 0 Å². The summed E-state index contributed by atoms with van der Waals surface area (Å²) in [5.74, 6) is 0.153. The van der Waals surface area contributed by atoms with E-state index in [9.17, 15) is 4.79 Å². The van der Waals surface area contributed by atoms with Crippen molar-refractivity contribution < 1.29 is 25.9 Å². The standard InChI is InChI=1S/C6H10O.Pt/c1-4-6(7)5(2)3;/h2,4H2,1,3H3;. The Morgan fingerprint density at radius 2 is 2.00 bits per heavy atom. The molecule has 2 heteroatoms. The maximum Gasteiger partial charge on any atom is 0.157 e. The van der Waals surface area contributed by atoms with Crippen LogP contribution in [0.15, 0.2) is 12.2 Å². The molecular weight excluding hydrogens is 283 g/mol. The molecule has 0 spiro atoms. The average molecular weight is 293 g/mol. The third-order valence-electron chi connectivity index (χ3n) is 0.797. The third kappa shape index (κ3) is 4.26. The molecule has 0 aromatic carbocycles. The first-order valence-electron chi connectivity index (χ1n) is 2.37. The second-order valence-corrected chi connectivity index (χ2v) is 1.56. The Morgan fingerprint density at radius 1 is 1.62 bits per heavy atom. The monoisotopic (exact) mass is 293 g/mol. The van der Waals surface area contributed by atoms with Gasteiger partial charge in [0.15, 0.2) is 5.78 Å². The Kier molecular flexibility index (Phi) is 7.19. The molecule has 0 saturated heterocycles. The van der Waals surface area contributed by atoms with Crippen molar-refractivity contribution in [2.75, 3.05) is 0 Å². The zero-order chi connectivity index (χ0) is 5.86. The third-order valence-corrected chi connectivity index (χ3v) is 0.797. The van der Waals surface area contributed by atoms with E-state index in [-0.39, 0.29) is 26.8 Å². The molecule has 1 nitrogen and oxygen atoms in total. The minimum Gasteiger partial charge on any atom is -0.295 e. The molecule has 0 amide bonds. The summed E-state index contributed by atoms with van der Waals surface area (Å²) >= 11 is 0. The van der Waals surface area contributed by atoms with Gasteiger partial charge in [-0.25, -0.2) is 0 Å². The smallest absolute Gasteiger partial charge is 0.157 e. The molecule has 8 heavy (non-hydrogen) atoms. The number of carbonyl (C=O) groups is 1. The van der Waals surface area contributed by atoms with Crippen LogP contribution in [0.3, 0.4) is 0 Å². The first kappa shape index (κ1) is 11.0. The van der Waals surface area contributed by atoms with E-state index in [1.165, 1.54) is 0 Å². The van der Waals surface area contributed by atoms with Crippen molar-refractivity contribution in [3.63, 3.8) is 0 Å². The number of Topliss-reactive ketones (excluding diaryl/α,β-unsaturated/α-hetero) is 1. The van der Waals surface area contributed by atoms with Crippen molar-refractivity contribution >= 4 is 5.78 Å². The number of carbonyl (C=O) groups excluding carboxylic acids is 1.